The molecule has 0 aliphatic rings. The minimum atomic E-state index is -3.32. The van der Waals surface area contributed by atoms with Crippen LogP contribution in [-0.4, -0.2) is 24.6 Å². The van der Waals surface area contributed by atoms with Crippen LogP contribution in [-0.2, 0) is 9.84 Å². The first-order valence-corrected chi connectivity index (χ1v) is 8.24. The lowest BCUT2D eigenvalue weighted by Crippen LogP contribution is -2.12. The van der Waals surface area contributed by atoms with E-state index in [1.807, 2.05) is 13.8 Å². The highest BCUT2D eigenvalue weighted by molar-refractivity contribution is 7.90. The summed E-state index contributed by atoms with van der Waals surface area (Å²) < 4.78 is 28.5. The zero-order valence-corrected chi connectivity index (χ0v) is 12.8. The average Bonchev–Trinajstić information content (AvgIpc) is 2.37. The molecule has 6 nitrogen and oxygen atoms in total. The van der Waals surface area contributed by atoms with Crippen LogP contribution in [0.3, 0.4) is 0 Å². The van der Waals surface area contributed by atoms with Crippen molar-refractivity contribution in [2.45, 2.75) is 24.7 Å². The lowest BCUT2D eigenvalue weighted by molar-refractivity contribution is 0.454. The molecule has 0 saturated carbocycles. The number of sulfone groups is 1. The standard InChI is InChI=1S/C14H16N2O4S/c1-9(2)14-15-12(17)8-13(16-14)20-10-5-4-6-11(7-10)21(3,18)19/h4-9H,1-3H3,(H,15,16,17). The average molecular weight is 308 g/mol. The second kappa shape index (κ2) is 5.69. The Balaban J connectivity index is 2.37. The van der Waals surface area contributed by atoms with E-state index in [4.69, 9.17) is 4.74 Å². The van der Waals surface area contributed by atoms with Crippen molar-refractivity contribution in [2.75, 3.05) is 6.26 Å². The summed E-state index contributed by atoms with van der Waals surface area (Å²) in [5.74, 6) is 0.999. The number of aromatic nitrogens is 2. The van der Waals surface area contributed by atoms with E-state index in [0.29, 0.717) is 11.6 Å². The number of hydrogen-bond donors (Lipinski definition) is 1. The van der Waals surface area contributed by atoms with E-state index in [1.54, 1.807) is 12.1 Å². The van der Waals surface area contributed by atoms with Crippen molar-refractivity contribution in [1.82, 2.24) is 9.97 Å². The van der Waals surface area contributed by atoms with Crippen LogP contribution >= 0.6 is 0 Å². The first-order chi connectivity index (χ1) is 9.75. The summed E-state index contributed by atoms with van der Waals surface area (Å²) in [6.45, 7) is 3.79. The second-order valence-corrected chi connectivity index (χ2v) is 6.99. The molecule has 1 aromatic carbocycles. The third-order valence-electron chi connectivity index (χ3n) is 2.74. The van der Waals surface area contributed by atoms with Crippen molar-refractivity contribution in [3.8, 4) is 11.6 Å². The molecule has 1 aromatic heterocycles. The van der Waals surface area contributed by atoms with Gasteiger partial charge in [-0.1, -0.05) is 19.9 Å². The van der Waals surface area contributed by atoms with E-state index in [0.717, 1.165) is 6.26 Å². The van der Waals surface area contributed by atoms with Crippen LogP contribution in [0.1, 0.15) is 25.6 Å². The number of hydrogen-bond acceptors (Lipinski definition) is 5. The topological polar surface area (TPSA) is 89.1 Å². The van der Waals surface area contributed by atoms with Crippen molar-refractivity contribution in [2.24, 2.45) is 0 Å². The molecule has 0 aliphatic carbocycles. The Morgan fingerprint density at radius 1 is 1.24 bits per heavy atom. The van der Waals surface area contributed by atoms with Gasteiger partial charge < -0.3 is 9.72 Å². The predicted octanol–water partition coefficient (Wildman–Crippen LogP) is 2.09. The fourth-order valence-electron chi connectivity index (χ4n) is 1.67. The van der Waals surface area contributed by atoms with Crippen molar-refractivity contribution >= 4 is 9.84 Å². The van der Waals surface area contributed by atoms with E-state index in [-0.39, 0.29) is 22.3 Å². The second-order valence-electron chi connectivity index (χ2n) is 4.97. The Labute approximate surface area is 122 Å². The number of H-pyrrole nitrogens is 1. The molecule has 1 heterocycles. The number of rotatable bonds is 4. The molecular formula is C14H16N2O4S. The monoisotopic (exact) mass is 308 g/mol. The van der Waals surface area contributed by atoms with Crippen LogP contribution in [0.15, 0.2) is 40.0 Å². The minimum Gasteiger partial charge on any atom is -0.439 e. The number of benzene rings is 1. The largest absolute Gasteiger partial charge is 0.439 e. The van der Waals surface area contributed by atoms with Crippen LogP contribution < -0.4 is 10.3 Å². The third-order valence-corrected chi connectivity index (χ3v) is 3.85. The Morgan fingerprint density at radius 2 is 1.95 bits per heavy atom. The van der Waals surface area contributed by atoms with Gasteiger partial charge in [0.1, 0.15) is 11.6 Å². The molecule has 0 aliphatic heterocycles. The molecule has 0 atom stereocenters. The van der Waals surface area contributed by atoms with Gasteiger partial charge in [0.05, 0.1) is 11.0 Å². The number of nitrogens with one attached hydrogen (secondary N) is 1. The molecule has 0 spiro atoms. The molecule has 7 heteroatoms. The quantitative estimate of drug-likeness (QED) is 0.934. The number of aromatic amines is 1. The summed E-state index contributed by atoms with van der Waals surface area (Å²) in [6.07, 6.45) is 1.12. The van der Waals surface area contributed by atoms with Crippen LogP contribution in [0.2, 0.25) is 0 Å². The molecule has 0 radical (unpaired) electrons. The Morgan fingerprint density at radius 3 is 2.57 bits per heavy atom. The highest BCUT2D eigenvalue weighted by Crippen LogP contribution is 2.22. The zero-order valence-electron chi connectivity index (χ0n) is 12.0. The molecule has 2 rings (SSSR count). The molecule has 112 valence electrons. The van der Waals surface area contributed by atoms with E-state index in [9.17, 15) is 13.2 Å². The lowest BCUT2D eigenvalue weighted by atomic mass is 10.2. The van der Waals surface area contributed by atoms with Gasteiger partial charge in [-0.3, -0.25) is 4.79 Å². The molecule has 0 amide bonds. The SMILES string of the molecule is CC(C)c1nc(Oc2cccc(S(C)(=O)=O)c2)cc(=O)[nH]1. The molecule has 2 aromatic rings. The summed E-state index contributed by atoms with van der Waals surface area (Å²) >= 11 is 0. The molecule has 0 saturated heterocycles. The van der Waals surface area contributed by atoms with Crippen molar-refractivity contribution in [3.63, 3.8) is 0 Å². The van der Waals surface area contributed by atoms with Gasteiger partial charge in [0.15, 0.2) is 9.84 Å². The van der Waals surface area contributed by atoms with Gasteiger partial charge in [0, 0.05) is 12.2 Å². The van der Waals surface area contributed by atoms with Crippen molar-refractivity contribution < 1.29 is 13.2 Å². The van der Waals surface area contributed by atoms with Gasteiger partial charge in [0.25, 0.3) is 5.56 Å². The maximum atomic E-state index is 11.6. The Hall–Kier alpha value is -2.15. The molecule has 21 heavy (non-hydrogen) atoms. The zero-order chi connectivity index (χ0) is 15.6. The Kier molecular flexibility index (Phi) is 4.13. The highest BCUT2D eigenvalue weighted by atomic mass is 32.2. The summed E-state index contributed by atoms with van der Waals surface area (Å²) in [5.41, 5.74) is -0.317. The van der Waals surface area contributed by atoms with Crippen molar-refractivity contribution in [1.29, 1.82) is 0 Å². The van der Waals surface area contributed by atoms with Gasteiger partial charge in [-0.25, -0.2) is 8.42 Å². The fraction of sp³-hybridized carbons (Fsp3) is 0.286. The maximum Gasteiger partial charge on any atom is 0.254 e. The normalized spacial score (nSPS) is 11.6. The van der Waals surface area contributed by atoms with E-state index in [1.165, 1.54) is 18.2 Å². The van der Waals surface area contributed by atoms with E-state index < -0.39 is 9.84 Å². The number of nitrogens with zero attached hydrogens (tertiary/aromatic N) is 1. The van der Waals surface area contributed by atoms with E-state index >= 15 is 0 Å². The van der Waals surface area contributed by atoms with Gasteiger partial charge in [0.2, 0.25) is 5.88 Å². The number of ether oxygens (including phenoxy) is 1. The van der Waals surface area contributed by atoms with Gasteiger partial charge in [-0.15, -0.1) is 0 Å². The third kappa shape index (κ3) is 3.91. The molecule has 1 N–H and O–H groups in total. The maximum absolute atomic E-state index is 11.6. The van der Waals surface area contributed by atoms with Gasteiger partial charge >= 0.3 is 0 Å². The first-order valence-electron chi connectivity index (χ1n) is 6.35. The van der Waals surface area contributed by atoms with Gasteiger partial charge in [-0.2, -0.15) is 4.98 Å². The molecule has 0 bridgehead atoms. The Bertz CT molecular complexity index is 810. The lowest BCUT2D eigenvalue weighted by Gasteiger charge is -2.09. The van der Waals surface area contributed by atoms with Crippen LogP contribution in [0, 0.1) is 0 Å². The van der Waals surface area contributed by atoms with Crippen LogP contribution in [0.4, 0.5) is 0 Å². The van der Waals surface area contributed by atoms with Gasteiger partial charge in [-0.05, 0) is 18.2 Å². The first kappa shape index (κ1) is 15.2. The highest BCUT2D eigenvalue weighted by Gasteiger charge is 2.10. The fourth-order valence-corrected chi connectivity index (χ4v) is 2.32. The van der Waals surface area contributed by atoms with Crippen LogP contribution in [0.25, 0.3) is 0 Å². The smallest absolute Gasteiger partial charge is 0.254 e. The summed E-state index contributed by atoms with van der Waals surface area (Å²) in [7, 11) is -3.32. The molecule has 0 unspecified atom stereocenters. The molecule has 0 fully saturated rings. The van der Waals surface area contributed by atoms with Crippen molar-refractivity contribution in [3.05, 3.63) is 46.5 Å². The predicted molar refractivity (Wildman–Crippen MR) is 78.6 cm³/mol. The summed E-state index contributed by atoms with van der Waals surface area (Å²) in [5, 5.41) is 0. The van der Waals surface area contributed by atoms with E-state index in [2.05, 4.69) is 9.97 Å². The molecular weight excluding hydrogens is 292 g/mol. The van der Waals surface area contributed by atoms with Crippen LogP contribution in [0.5, 0.6) is 11.6 Å². The summed E-state index contributed by atoms with van der Waals surface area (Å²) in [4.78, 5) is 18.5. The summed E-state index contributed by atoms with van der Waals surface area (Å²) in [6, 6.07) is 7.27. The minimum absolute atomic E-state index is 0.0450.